The Morgan fingerprint density at radius 3 is 2.61 bits per heavy atom. The van der Waals surface area contributed by atoms with Crippen LogP contribution in [0.1, 0.15) is 25.0 Å². The van der Waals surface area contributed by atoms with Gasteiger partial charge in [-0.1, -0.05) is 25.1 Å². The predicted octanol–water partition coefficient (Wildman–Crippen LogP) is 3.95. The summed E-state index contributed by atoms with van der Waals surface area (Å²) in [4.78, 5) is 13.9. The zero-order valence-electron chi connectivity index (χ0n) is 13.2. The minimum absolute atomic E-state index is 0.395. The summed E-state index contributed by atoms with van der Waals surface area (Å²) in [5.41, 5.74) is 3.02. The van der Waals surface area contributed by atoms with Crippen LogP contribution in [0.25, 0.3) is 0 Å². The number of nitrogens with zero attached hydrogens (tertiary/aromatic N) is 1. The molecule has 5 nitrogen and oxygen atoms in total. The van der Waals surface area contributed by atoms with E-state index in [4.69, 9.17) is 9.84 Å². The number of aliphatic carboxylic acids is 1. The first-order valence-electron chi connectivity index (χ1n) is 7.15. The maximum absolute atomic E-state index is 9.59. The van der Waals surface area contributed by atoms with Crippen molar-refractivity contribution >= 4 is 17.3 Å². The molecule has 0 aliphatic heterocycles. The number of hydrogen-bond acceptors (Lipinski definition) is 5. The molecule has 0 spiro atoms. The van der Waals surface area contributed by atoms with Crippen molar-refractivity contribution in [2.75, 3.05) is 13.7 Å². The van der Waals surface area contributed by atoms with Gasteiger partial charge >= 0.3 is 5.97 Å². The quantitative estimate of drug-likeness (QED) is 0.613. The summed E-state index contributed by atoms with van der Waals surface area (Å²) in [6, 6.07) is 9.92. The van der Waals surface area contributed by atoms with Crippen LogP contribution in [0.15, 0.2) is 53.6 Å². The molecule has 0 bridgehead atoms. The summed E-state index contributed by atoms with van der Waals surface area (Å²) < 4.78 is 10.0. The zero-order valence-corrected chi connectivity index (χ0v) is 14.0. The first-order chi connectivity index (χ1) is 11.2. The summed E-state index contributed by atoms with van der Waals surface area (Å²) in [6.45, 7) is 2.86. The SMILES string of the molecule is CCC(COc1ccccc1)c1cscn1.COC=CC(=O)O. The van der Waals surface area contributed by atoms with E-state index in [0.717, 1.165) is 30.2 Å². The zero-order chi connectivity index (χ0) is 16.9. The molecule has 2 rings (SSSR count). The van der Waals surface area contributed by atoms with Crippen LogP contribution in [0.4, 0.5) is 0 Å². The van der Waals surface area contributed by atoms with Gasteiger partial charge in [-0.25, -0.2) is 9.78 Å². The highest BCUT2D eigenvalue weighted by molar-refractivity contribution is 7.07. The number of carbonyl (C=O) groups is 1. The molecule has 124 valence electrons. The van der Waals surface area contributed by atoms with Crippen molar-refractivity contribution in [3.05, 3.63) is 59.3 Å². The molecular formula is C17H21NO4S. The summed E-state index contributed by atoms with van der Waals surface area (Å²) in [7, 11) is 1.39. The number of hydrogen-bond donors (Lipinski definition) is 1. The summed E-state index contributed by atoms with van der Waals surface area (Å²) in [5.74, 6) is 0.324. The van der Waals surface area contributed by atoms with Crippen molar-refractivity contribution < 1.29 is 19.4 Å². The Bertz CT molecular complexity index is 570. The van der Waals surface area contributed by atoms with Crippen LogP contribution in [-0.2, 0) is 9.53 Å². The summed E-state index contributed by atoms with van der Waals surface area (Å²) in [6.07, 6.45) is 3.07. The number of methoxy groups -OCH3 is 1. The second-order valence-electron chi connectivity index (χ2n) is 4.52. The Kier molecular flexibility index (Phi) is 9.16. The maximum Gasteiger partial charge on any atom is 0.331 e. The van der Waals surface area contributed by atoms with Gasteiger partial charge < -0.3 is 14.6 Å². The maximum atomic E-state index is 9.59. The number of para-hydroxylation sites is 1. The second kappa shape index (κ2) is 11.3. The minimum atomic E-state index is -0.998. The fraction of sp³-hybridized carbons (Fsp3) is 0.294. The van der Waals surface area contributed by atoms with E-state index in [1.54, 1.807) is 11.3 Å². The lowest BCUT2D eigenvalue weighted by Gasteiger charge is -2.13. The van der Waals surface area contributed by atoms with Gasteiger partial charge in [-0.05, 0) is 18.6 Å². The third kappa shape index (κ3) is 8.01. The Morgan fingerprint density at radius 2 is 2.13 bits per heavy atom. The molecule has 1 N–H and O–H groups in total. The summed E-state index contributed by atoms with van der Waals surface area (Å²) in [5, 5.41) is 9.98. The first-order valence-corrected chi connectivity index (χ1v) is 8.09. The fourth-order valence-corrected chi connectivity index (χ4v) is 2.31. The molecule has 1 aromatic heterocycles. The molecule has 0 saturated carbocycles. The van der Waals surface area contributed by atoms with Gasteiger partial charge in [0.15, 0.2) is 0 Å². The fourth-order valence-electron chi connectivity index (χ4n) is 1.68. The van der Waals surface area contributed by atoms with E-state index >= 15 is 0 Å². The Labute approximate surface area is 140 Å². The van der Waals surface area contributed by atoms with Crippen LogP contribution in [0.3, 0.4) is 0 Å². The largest absolute Gasteiger partial charge is 0.504 e. The van der Waals surface area contributed by atoms with Crippen LogP contribution < -0.4 is 4.74 Å². The van der Waals surface area contributed by atoms with Crippen molar-refractivity contribution in [1.82, 2.24) is 4.98 Å². The smallest absolute Gasteiger partial charge is 0.331 e. The molecule has 1 unspecified atom stereocenters. The molecular weight excluding hydrogens is 314 g/mol. The van der Waals surface area contributed by atoms with Gasteiger partial charge in [-0.15, -0.1) is 11.3 Å². The standard InChI is InChI=1S/C13H15NOS.C4H6O3/c1-2-11(13-9-16-10-14-13)8-15-12-6-4-3-5-7-12;1-7-3-2-4(5)6/h3-7,9-11H,2,8H2,1H3;2-3H,1H3,(H,5,6). The lowest BCUT2D eigenvalue weighted by molar-refractivity contribution is -0.131. The average molecular weight is 335 g/mol. The number of ether oxygens (including phenoxy) is 2. The van der Waals surface area contributed by atoms with Crippen LogP contribution >= 0.6 is 11.3 Å². The molecule has 0 saturated heterocycles. The van der Waals surface area contributed by atoms with Crippen molar-refractivity contribution in [1.29, 1.82) is 0 Å². The highest BCUT2D eigenvalue weighted by Crippen LogP contribution is 2.21. The number of rotatable bonds is 7. The predicted molar refractivity (Wildman–Crippen MR) is 90.9 cm³/mol. The van der Waals surface area contributed by atoms with E-state index in [0.29, 0.717) is 12.5 Å². The Balaban J connectivity index is 0.000000322. The number of aromatic nitrogens is 1. The molecule has 0 fully saturated rings. The van der Waals surface area contributed by atoms with Gasteiger partial charge in [-0.2, -0.15) is 0 Å². The molecule has 1 aromatic carbocycles. The van der Waals surface area contributed by atoms with E-state index in [1.807, 2.05) is 35.8 Å². The Hall–Kier alpha value is -2.34. The van der Waals surface area contributed by atoms with Crippen molar-refractivity contribution in [2.24, 2.45) is 0 Å². The molecule has 0 aliphatic rings. The summed E-state index contributed by atoms with van der Waals surface area (Å²) >= 11 is 1.64. The van der Waals surface area contributed by atoms with E-state index in [1.165, 1.54) is 7.11 Å². The second-order valence-corrected chi connectivity index (χ2v) is 5.24. The van der Waals surface area contributed by atoms with E-state index in [2.05, 4.69) is 22.0 Å². The highest BCUT2D eigenvalue weighted by Gasteiger charge is 2.11. The lowest BCUT2D eigenvalue weighted by atomic mass is 10.1. The third-order valence-electron chi connectivity index (χ3n) is 2.90. The van der Waals surface area contributed by atoms with E-state index in [9.17, 15) is 4.79 Å². The van der Waals surface area contributed by atoms with E-state index < -0.39 is 5.97 Å². The van der Waals surface area contributed by atoms with Gasteiger partial charge in [0, 0.05) is 11.3 Å². The minimum Gasteiger partial charge on any atom is -0.504 e. The Morgan fingerprint density at radius 1 is 1.39 bits per heavy atom. The molecule has 0 radical (unpaired) electrons. The average Bonchev–Trinajstić information content (AvgIpc) is 3.09. The van der Waals surface area contributed by atoms with Crippen molar-refractivity contribution in [3.63, 3.8) is 0 Å². The molecule has 1 heterocycles. The van der Waals surface area contributed by atoms with Crippen molar-refractivity contribution in [3.8, 4) is 5.75 Å². The molecule has 0 amide bonds. The highest BCUT2D eigenvalue weighted by atomic mass is 32.1. The molecule has 2 aromatic rings. The number of benzene rings is 1. The van der Waals surface area contributed by atoms with Gasteiger partial charge in [0.25, 0.3) is 0 Å². The monoisotopic (exact) mass is 335 g/mol. The molecule has 0 aliphatic carbocycles. The van der Waals surface area contributed by atoms with Gasteiger partial charge in [0.1, 0.15) is 5.75 Å². The first kappa shape index (κ1) is 18.7. The number of carboxylic acids is 1. The van der Waals surface area contributed by atoms with Gasteiger partial charge in [0.05, 0.1) is 37.3 Å². The molecule has 23 heavy (non-hydrogen) atoms. The van der Waals surface area contributed by atoms with Crippen LogP contribution in [0.2, 0.25) is 0 Å². The molecule has 1 atom stereocenters. The van der Waals surface area contributed by atoms with Crippen molar-refractivity contribution in [2.45, 2.75) is 19.3 Å². The van der Waals surface area contributed by atoms with Crippen LogP contribution in [0.5, 0.6) is 5.75 Å². The topological polar surface area (TPSA) is 68.7 Å². The van der Waals surface area contributed by atoms with Crippen LogP contribution in [-0.4, -0.2) is 29.8 Å². The van der Waals surface area contributed by atoms with Gasteiger partial charge in [-0.3, -0.25) is 0 Å². The number of carboxylic acid groups (broad SMARTS) is 1. The number of thiazole rings is 1. The van der Waals surface area contributed by atoms with Crippen LogP contribution in [0, 0.1) is 0 Å². The van der Waals surface area contributed by atoms with Gasteiger partial charge in [0.2, 0.25) is 0 Å². The normalized spacial score (nSPS) is 11.4. The molecule has 6 heteroatoms. The lowest BCUT2D eigenvalue weighted by Crippen LogP contribution is -2.09. The third-order valence-corrected chi connectivity index (χ3v) is 3.51. The van der Waals surface area contributed by atoms with E-state index in [-0.39, 0.29) is 0 Å².